The third-order valence-corrected chi connectivity index (χ3v) is 2.90. The Balaban J connectivity index is 2.53. The number of carboxylic acid groups (broad SMARTS) is 1. The highest BCUT2D eigenvalue weighted by molar-refractivity contribution is 5.74. The molecule has 0 heterocycles. The Kier molecular flexibility index (Phi) is 6.58. The Morgan fingerprint density at radius 3 is 2.62 bits per heavy atom. The van der Waals surface area contributed by atoms with Gasteiger partial charge in [0.2, 0.25) is 0 Å². The number of carbonyl (C=O) groups is 2. The number of hydrogen-bond acceptors (Lipinski definition) is 2. The molecule has 0 aromatic heterocycles. The number of carbonyl (C=O) groups excluding carboxylic acids is 1. The van der Waals surface area contributed by atoms with Crippen LogP contribution in [-0.2, 0) is 4.79 Å². The maximum atomic E-state index is 13.7. The van der Waals surface area contributed by atoms with Crippen molar-refractivity contribution in [2.75, 3.05) is 6.54 Å². The molecule has 1 atom stereocenters. The summed E-state index contributed by atoms with van der Waals surface area (Å²) in [6.45, 7) is 1.97. The second kappa shape index (κ2) is 8.18. The van der Waals surface area contributed by atoms with E-state index in [9.17, 15) is 18.4 Å². The highest BCUT2D eigenvalue weighted by atomic mass is 19.1. The van der Waals surface area contributed by atoms with E-state index in [1.165, 1.54) is 6.07 Å². The number of carboxylic acids is 1. The Morgan fingerprint density at radius 1 is 1.33 bits per heavy atom. The minimum Gasteiger partial charge on any atom is -0.481 e. The van der Waals surface area contributed by atoms with Crippen molar-refractivity contribution in [3.8, 4) is 0 Å². The number of rotatable bonds is 7. The molecule has 0 fully saturated rings. The third kappa shape index (κ3) is 5.76. The molecule has 0 bridgehead atoms. The lowest BCUT2D eigenvalue weighted by atomic mass is 10.0. The topological polar surface area (TPSA) is 78.4 Å². The van der Waals surface area contributed by atoms with Gasteiger partial charge in [-0.3, -0.25) is 4.79 Å². The first-order valence-corrected chi connectivity index (χ1v) is 6.65. The van der Waals surface area contributed by atoms with Crippen LogP contribution in [0.3, 0.4) is 0 Å². The highest BCUT2D eigenvalue weighted by Crippen LogP contribution is 2.20. The van der Waals surface area contributed by atoms with Crippen LogP contribution in [0.2, 0.25) is 0 Å². The molecule has 116 valence electrons. The predicted octanol–water partition coefficient (Wildman–Crippen LogP) is 2.58. The van der Waals surface area contributed by atoms with Crippen molar-refractivity contribution >= 4 is 12.0 Å². The lowest BCUT2D eigenvalue weighted by Crippen LogP contribution is -2.38. The molecule has 2 amide bonds. The SMILES string of the molecule is CCC(NC(=O)NCCCC(=O)O)c1ccc(F)cc1F. The van der Waals surface area contributed by atoms with Crippen LogP contribution in [-0.4, -0.2) is 23.7 Å². The lowest BCUT2D eigenvalue weighted by Gasteiger charge is -2.18. The van der Waals surface area contributed by atoms with Gasteiger partial charge in [0.05, 0.1) is 6.04 Å². The summed E-state index contributed by atoms with van der Waals surface area (Å²) >= 11 is 0. The van der Waals surface area contributed by atoms with E-state index in [0.717, 1.165) is 12.1 Å². The minimum absolute atomic E-state index is 0.0376. The van der Waals surface area contributed by atoms with Crippen molar-refractivity contribution in [2.45, 2.75) is 32.2 Å². The van der Waals surface area contributed by atoms with Gasteiger partial charge in [-0.2, -0.15) is 0 Å². The second-order valence-electron chi connectivity index (χ2n) is 4.52. The largest absolute Gasteiger partial charge is 0.481 e. The monoisotopic (exact) mass is 300 g/mol. The highest BCUT2D eigenvalue weighted by Gasteiger charge is 2.16. The molecular weight excluding hydrogens is 282 g/mol. The molecule has 0 aliphatic rings. The number of urea groups is 1. The van der Waals surface area contributed by atoms with Crippen molar-refractivity contribution in [3.63, 3.8) is 0 Å². The third-order valence-electron chi connectivity index (χ3n) is 2.90. The number of aliphatic carboxylic acids is 1. The molecule has 1 rings (SSSR count). The molecule has 1 aromatic carbocycles. The smallest absolute Gasteiger partial charge is 0.315 e. The lowest BCUT2D eigenvalue weighted by molar-refractivity contribution is -0.137. The Bertz CT molecular complexity index is 509. The zero-order valence-electron chi connectivity index (χ0n) is 11.7. The number of benzene rings is 1. The quantitative estimate of drug-likeness (QED) is 0.677. The van der Waals surface area contributed by atoms with Crippen molar-refractivity contribution in [3.05, 3.63) is 35.4 Å². The maximum Gasteiger partial charge on any atom is 0.315 e. The van der Waals surface area contributed by atoms with Gasteiger partial charge >= 0.3 is 12.0 Å². The number of hydrogen-bond donors (Lipinski definition) is 3. The van der Waals surface area contributed by atoms with Gasteiger partial charge in [0.1, 0.15) is 11.6 Å². The minimum atomic E-state index is -0.933. The number of nitrogens with one attached hydrogen (secondary N) is 2. The van der Waals surface area contributed by atoms with Crippen LogP contribution in [0.15, 0.2) is 18.2 Å². The summed E-state index contributed by atoms with van der Waals surface area (Å²) in [7, 11) is 0. The van der Waals surface area contributed by atoms with Gasteiger partial charge in [-0.15, -0.1) is 0 Å². The van der Waals surface area contributed by atoms with Crippen LogP contribution >= 0.6 is 0 Å². The molecule has 0 aliphatic carbocycles. The zero-order chi connectivity index (χ0) is 15.8. The summed E-state index contributed by atoms with van der Waals surface area (Å²) in [5, 5.41) is 13.5. The van der Waals surface area contributed by atoms with Gasteiger partial charge in [0, 0.05) is 24.6 Å². The fourth-order valence-corrected chi connectivity index (χ4v) is 1.83. The summed E-state index contributed by atoms with van der Waals surface area (Å²) in [6, 6.07) is 2.10. The standard InChI is InChI=1S/C14H18F2N2O3/c1-2-12(10-6-5-9(15)8-11(10)16)18-14(21)17-7-3-4-13(19)20/h5-6,8,12H,2-4,7H2,1H3,(H,19,20)(H2,17,18,21). The molecule has 3 N–H and O–H groups in total. The van der Waals surface area contributed by atoms with Crippen LogP contribution in [0.5, 0.6) is 0 Å². The molecular formula is C14H18F2N2O3. The van der Waals surface area contributed by atoms with Crippen LogP contribution in [0.25, 0.3) is 0 Å². The fraction of sp³-hybridized carbons (Fsp3) is 0.429. The van der Waals surface area contributed by atoms with E-state index in [-0.39, 0.29) is 18.5 Å². The molecule has 7 heteroatoms. The van der Waals surface area contributed by atoms with Crippen molar-refractivity contribution in [2.24, 2.45) is 0 Å². The van der Waals surface area contributed by atoms with E-state index in [1.807, 2.05) is 0 Å². The summed E-state index contributed by atoms with van der Waals surface area (Å²) in [5.41, 5.74) is 0.208. The molecule has 0 radical (unpaired) electrons. The average Bonchev–Trinajstić information content (AvgIpc) is 2.41. The summed E-state index contributed by atoms with van der Waals surface area (Å²) in [5.74, 6) is -2.32. The van der Waals surface area contributed by atoms with E-state index in [0.29, 0.717) is 12.8 Å². The molecule has 5 nitrogen and oxygen atoms in total. The first kappa shape index (κ1) is 16.9. The van der Waals surface area contributed by atoms with Crippen molar-refractivity contribution < 1.29 is 23.5 Å². The molecule has 21 heavy (non-hydrogen) atoms. The first-order chi connectivity index (χ1) is 9.93. The second-order valence-corrected chi connectivity index (χ2v) is 4.52. The predicted molar refractivity (Wildman–Crippen MR) is 72.8 cm³/mol. The molecule has 1 unspecified atom stereocenters. The van der Waals surface area contributed by atoms with Gasteiger partial charge in [0.25, 0.3) is 0 Å². The van der Waals surface area contributed by atoms with E-state index in [2.05, 4.69) is 10.6 Å². The van der Waals surface area contributed by atoms with Gasteiger partial charge in [-0.05, 0) is 18.9 Å². The van der Waals surface area contributed by atoms with Crippen LogP contribution in [0.1, 0.15) is 37.8 Å². The molecule has 0 spiro atoms. The Labute approximate surface area is 121 Å². The summed E-state index contributed by atoms with van der Waals surface area (Å²) in [6.07, 6.45) is 0.708. The Morgan fingerprint density at radius 2 is 2.05 bits per heavy atom. The van der Waals surface area contributed by atoms with E-state index >= 15 is 0 Å². The molecule has 0 saturated carbocycles. The van der Waals surface area contributed by atoms with E-state index in [1.54, 1.807) is 6.92 Å². The molecule has 0 aliphatic heterocycles. The van der Waals surface area contributed by atoms with Crippen molar-refractivity contribution in [1.82, 2.24) is 10.6 Å². The summed E-state index contributed by atoms with van der Waals surface area (Å²) in [4.78, 5) is 22.0. The number of halogens is 2. The first-order valence-electron chi connectivity index (χ1n) is 6.65. The number of amides is 2. The maximum absolute atomic E-state index is 13.7. The normalized spacial score (nSPS) is 11.8. The molecule has 1 aromatic rings. The fourth-order valence-electron chi connectivity index (χ4n) is 1.83. The average molecular weight is 300 g/mol. The van der Waals surface area contributed by atoms with Gasteiger partial charge in [-0.1, -0.05) is 13.0 Å². The Hall–Kier alpha value is -2.18. The zero-order valence-corrected chi connectivity index (χ0v) is 11.7. The van der Waals surface area contributed by atoms with Crippen LogP contribution in [0.4, 0.5) is 13.6 Å². The molecule has 0 saturated heterocycles. The van der Waals surface area contributed by atoms with Crippen molar-refractivity contribution in [1.29, 1.82) is 0 Å². The van der Waals surface area contributed by atoms with Crippen LogP contribution in [0, 0.1) is 11.6 Å². The van der Waals surface area contributed by atoms with E-state index < -0.39 is 29.7 Å². The summed E-state index contributed by atoms with van der Waals surface area (Å²) < 4.78 is 26.5. The van der Waals surface area contributed by atoms with Gasteiger partial charge in [0.15, 0.2) is 0 Å². The van der Waals surface area contributed by atoms with Crippen LogP contribution < -0.4 is 10.6 Å². The van der Waals surface area contributed by atoms with Gasteiger partial charge < -0.3 is 15.7 Å². The van der Waals surface area contributed by atoms with E-state index in [4.69, 9.17) is 5.11 Å². The van der Waals surface area contributed by atoms with Gasteiger partial charge in [-0.25, -0.2) is 13.6 Å².